The molecule has 0 unspecified atom stereocenters. The quantitative estimate of drug-likeness (QED) is 0.889. The van der Waals surface area contributed by atoms with E-state index in [4.69, 9.17) is 4.74 Å². The van der Waals surface area contributed by atoms with Crippen LogP contribution in [-0.4, -0.2) is 22.5 Å². The van der Waals surface area contributed by atoms with Gasteiger partial charge in [-0.15, -0.1) is 0 Å². The Kier molecular flexibility index (Phi) is 4.18. The lowest BCUT2D eigenvalue weighted by Gasteiger charge is -2.11. The first-order chi connectivity index (χ1) is 10.7. The van der Waals surface area contributed by atoms with Crippen LogP contribution in [0.1, 0.15) is 18.4 Å². The summed E-state index contributed by atoms with van der Waals surface area (Å²) in [5, 5.41) is 5.72. The van der Waals surface area contributed by atoms with Gasteiger partial charge >= 0.3 is 12.0 Å². The van der Waals surface area contributed by atoms with Gasteiger partial charge in [-0.1, -0.05) is 0 Å². The van der Waals surface area contributed by atoms with Crippen LogP contribution in [0.15, 0.2) is 36.7 Å². The molecule has 0 atom stereocenters. The number of rotatable bonds is 5. The molecule has 22 heavy (non-hydrogen) atoms. The first-order valence-electron chi connectivity index (χ1n) is 7.31. The smallest absolute Gasteiger partial charge is 0.321 e. The van der Waals surface area contributed by atoms with Crippen molar-refractivity contribution in [1.82, 2.24) is 15.3 Å². The molecular weight excluding hydrogens is 280 g/mol. The Morgan fingerprint density at radius 2 is 2.09 bits per heavy atom. The van der Waals surface area contributed by atoms with Crippen molar-refractivity contribution in [2.45, 2.75) is 19.8 Å². The summed E-state index contributed by atoms with van der Waals surface area (Å²) in [7, 11) is 0. The topological polar surface area (TPSA) is 76.1 Å². The van der Waals surface area contributed by atoms with Crippen LogP contribution in [0.2, 0.25) is 0 Å². The molecule has 3 rings (SSSR count). The van der Waals surface area contributed by atoms with E-state index in [9.17, 15) is 4.79 Å². The molecular formula is C16H18N4O2. The molecule has 1 aromatic carbocycles. The molecule has 1 heterocycles. The molecule has 0 radical (unpaired) electrons. The van der Waals surface area contributed by atoms with E-state index in [0.29, 0.717) is 17.7 Å². The maximum absolute atomic E-state index is 11.8. The van der Waals surface area contributed by atoms with Gasteiger partial charge in [0.15, 0.2) is 0 Å². The molecule has 2 N–H and O–H groups in total. The van der Waals surface area contributed by atoms with Crippen molar-refractivity contribution >= 4 is 11.7 Å². The Labute approximate surface area is 128 Å². The molecule has 1 aromatic heterocycles. The number of urea groups is 1. The molecule has 1 aliphatic carbocycles. The van der Waals surface area contributed by atoms with Crippen LogP contribution in [0.3, 0.4) is 0 Å². The third-order valence-electron chi connectivity index (χ3n) is 3.45. The minimum atomic E-state index is -0.171. The summed E-state index contributed by atoms with van der Waals surface area (Å²) in [5.41, 5.74) is 1.67. The zero-order chi connectivity index (χ0) is 15.4. The number of amides is 2. The third kappa shape index (κ3) is 3.94. The largest absolute Gasteiger partial charge is 0.424 e. The van der Waals surface area contributed by atoms with E-state index in [0.717, 1.165) is 17.8 Å². The summed E-state index contributed by atoms with van der Waals surface area (Å²) in [6.45, 7) is 2.66. The second kappa shape index (κ2) is 6.43. The summed E-state index contributed by atoms with van der Waals surface area (Å²) in [6, 6.07) is 7.28. The molecule has 2 aromatic rings. The second-order valence-electron chi connectivity index (χ2n) is 5.39. The van der Waals surface area contributed by atoms with E-state index in [-0.39, 0.29) is 6.03 Å². The molecule has 1 saturated carbocycles. The van der Waals surface area contributed by atoms with Gasteiger partial charge in [0.2, 0.25) is 0 Å². The number of hydrogen-bond acceptors (Lipinski definition) is 4. The summed E-state index contributed by atoms with van der Waals surface area (Å²) in [5.74, 6) is 1.29. The predicted molar refractivity (Wildman–Crippen MR) is 83.0 cm³/mol. The molecule has 0 saturated heterocycles. The summed E-state index contributed by atoms with van der Waals surface area (Å²) in [4.78, 5) is 19.8. The van der Waals surface area contributed by atoms with Gasteiger partial charge in [-0.3, -0.25) is 0 Å². The van der Waals surface area contributed by atoms with Crippen molar-refractivity contribution < 1.29 is 9.53 Å². The fraction of sp³-hybridized carbons (Fsp3) is 0.312. The zero-order valence-corrected chi connectivity index (χ0v) is 12.4. The van der Waals surface area contributed by atoms with Crippen molar-refractivity contribution in [2.75, 3.05) is 11.9 Å². The normalized spacial score (nSPS) is 13.5. The van der Waals surface area contributed by atoms with E-state index in [2.05, 4.69) is 20.6 Å². The lowest BCUT2D eigenvalue weighted by molar-refractivity contribution is 0.251. The Morgan fingerprint density at radius 1 is 1.32 bits per heavy atom. The maximum Gasteiger partial charge on any atom is 0.321 e. The average molecular weight is 298 g/mol. The van der Waals surface area contributed by atoms with Crippen molar-refractivity contribution in [3.05, 3.63) is 42.2 Å². The van der Waals surface area contributed by atoms with E-state index in [1.54, 1.807) is 24.5 Å². The highest BCUT2D eigenvalue weighted by molar-refractivity contribution is 5.90. The average Bonchev–Trinajstić information content (AvgIpc) is 3.33. The maximum atomic E-state index is 11.8. The zero-order valence-electron chi connectivity index (χ0n) is 12.4. The number of anilines is 1. The second-order valence-corrected chi connectivity index (χ2v) is 5.39. The van der Waals surface area contributed by atoms with Crippen molar-refractivity contribution in [3.8, 4) is 11.8 Å². The number of carbonyl (C=O) groups is 1. The molecule has 1 fully saturated rings. The number of aryl methyl sites for hydroxylation is 1. The van der Waals surface area contributed by atoms with Crippen LogP contribution in [0.25, 0.3) is 0 Å². The van der Waals surface area contributed by atoms with Crippen LogP contribution in [0, 0.1) is 12.8 Å². The summed E-state index contributed by atoms with van der Waals surface area (Å²) in [6.07, 6.45) is 5.67. The fourth-order valence-electron chi connectivity index (χ4n) is 2.01. The van der Waals surface area contributed by atoms with Gasteiger partial charge in [0.25, 0.3) is 0 Å². The number of nitrogens with zero attached hydrogens (tertiary/aromatic N) is 2. The number of hydrogen-bond donors (Lipinski definition) is 2. The highest BCUT2D eigenvalue weighted by Gasteiger charge is 2.21. The van der Waals surface area contributed by atoms with Gasteiger partial charge in [-0.2, -0.15) is 0 Å². The van der Waals surface area contributed by atoms with Crippen LogP contribution in [-0.2, 0) is 0 Å². The Bertz CT molecular complexity index is 656. The van der Waals surface area contributed by atoms with Gasteiger partial charge < -0.3 is 15.4 Å². The van der Waals surface area contributed by atoms with E-state index < -0.39 is 0 Å². The van der Waals surface area contributed by atoms with Crippen LogP contribution >= 0.6 is 0 Å². The fourth-order valence-corrected chi connectivity index (χ4v) is 2.01. The van der Waals surface area contributed by atoms with E-state index in [1.165, 1.54) is 12.8 Å². The highest BCUT2D eigenvalue weighted by Crippen LogP contribution is 2.27. The van der Waals surface area contributed by atoms with Crippen molar-refractivity contribution in [1.29, 1.82) is 0 Å². The first kappa shape index (κ1) is 14.3. The van der Waals surface area contributed by atoms with E-state index >= 15 is 0 Å². The van der Waals surface area contributed by atoms with Gasteiger partial charge in [0, 0.05) is 24.6 Å². The van der Waals surface area contributed by atoms with E-state index in [1.807, 2.05) is 19.1 Å². The number of ether oxygens (including phenoxy) is 1. The molecule has 0 bridgehead atoms. The summed E-state index contributed by atoms with van der Waals surface area (Å²) < 4.78 is 5.56. The summed E-state index contributed by atoms with van der Waals surface area (Å²) >= 11 is 0. The number of benzene rings is 1. The van der Waals surface area contributed by atoms with Gasteiger partial charge in [-0.05, 0) is 55.5 Å². The molecule has 0 spiro atoms. The lowest BCUT2D eigenvalue weighted by Crippen LogP contribution is -2.30. The van der Waals surface area contributed by atoms with Crippen molar-refractivity contribution in [2.24, 2.45) is 5.92 Å². The molecule has 6 nitrogen and oxygen atoms in total. The molecule has 0 aliphatic heterocycles. The Balaban J connectivity index is 1.60. The minimum Gasteiger partial charge on any atom is -0.424 e. The molecule has 1 aliphatic rings. The standard InChI is InChI=1S/C16H18N4O2/c1-11-9-13(22-16-17-7-2-8-18-16)5-6-14(11)20-15(21)19-10-12-3-4-12/h2,5-9,12H,3-4,10H2,1H3,(H2,19,20,21). The van der Waals surface area contributed by atoms with Crippen molar-refractivity contribution in [3.63, 3.8) is 0 Å². The van der Waals surface area contributed by atoms with Gasteiger partial charge in [-0.25, -0.2) is 14.8 Å². The Hall–Kier alpha value is -2.63. The Morgan fingerprint density at radius 3 is 2.77 bits per heavy atom. The van der Waals surface area contributed by atoms with Crippen LogP contribution in [0.4, 0.5) is 10.5 Å². The van der Waals surface area contributed by atoms with Crippen LogP contribution in [0.5, 0.6) is 11.8 Å². The molecule has 6 heteroatoms. The van der Waals surface area contributed by atoms with Crippen LogP contribution < -0.4 is 15.4 Å². The monoisotopic (exact) mass is 298 g/mol. The SMILES string of the molecule is Cc1cc(Oc2ncccn2)ccc1NC(=O)NCC1CC1. The predicted octanol–water partition coefficient (Wildman–Crippen LogP) is 3.11. The number of aromatic nitrogens is 2. The number of nitrogens with one attached hydrogen (secondary N) is 2. The molecule has 2 amide bonds. The van der Waals surface area contributed by atoms with Gasteiger partial charge in [0.05, 0.1) is 0 Å². The highest BCUT2D eigenvalue weighted by atomic mass is 16.5. The minimum absolute atomic E-state index is 0.171. The number of carbonyl (C=O) groups excluding carboxylic acids is 1. The third-order valence-corrected chi connectivity index (χ3v) is 3.45. The lowest BCUT2D eigenvalue weighted by atomic mass is 10.2. The first-order valence-corrected chi connectivity index (χ1v) is 7.31. The van der Waals surface area contributed by atoms with Gasteiger partial charge in [0.1, 0.15) is 5.75 Å². The molecule has 114 valence electrons.